The van der Waals surface area contributed by atoms with Gasteiger partial charge in [-0.15, -0.1) is 0 Å². The minimum Gasteiger partial charge on any atom is -0.281 e. The summed E-state index contributed by atoms with van der Waals surface area (Å²) in [5, 5.41) is -0.241. The van der Waals surface area contributed by atoms with Crippen LogP contribution in [0.2, 0.25) is 0 Å². The summed E-state index contributed by atoms with van der Waals surface area (Å²) >= 11 is 5.03. The van der Waals surface area contributed by atoms with E-state index in [1.165, 1.54) is 0 Å². The number of halogens is 1. The van der Waals surface area contributed by atoms with Crippen molar-refractivity contribution < 1.29 is 4.79 Å². The lowest BCUT2D eigenvalue weighted by molar-refractivity contribution is -0.112. The first-order chi connectivity index (χ1) is 3.13. The average Bonchev–Trinajstić information content (AvgIpc) is 1.27. The van der Waals surface area contributed by atoms with Gasteiger partial charge in [0.25, 0.3) is 0 Å². The van der Waals surface area contributed by atoms with Gasteiger partial charge < -0.3 is 0 Å². The van der Waals surface area contributed by atoms with Gasteiger partial charge in [0.05, 0.1) is 0 Å². The van der Waals surface area contributed by atoms with Crippen molar-refractivity contribution in [1.29, 1.82) is 0 Å². The molecular weight excluding hydrogens is 126 g/mol. The molecule has 2 nitrogen and oxygen atoms in total. The monoisotopic (exact) mass is 134 g/mol. The van der Waals surface area contributed by atoms with E-state index in [2.05, 4.69) is 0 Å². The summed E-state index contributed by atoms with van der Waals surface area (Å²) in [6.45, 7) is 3.92. The van der Waals surface area contributed by atoms with Crippen molar-refractivity contribution in [3.05, 3.63) is 0 Å². The van der Waals surface area contributed by atoms with Gasteiger partial charge in [0.15, 0.2) is 0 Å². The molecule has 0 aromatic carbocycles. The van der Waals surface area contributed by atoms with Crippen LogP contribution in [0.4, 0.5) is 0 Å². The smallest absolute Gasteiger partial charge is 0.221 e. The van der Waals surface area contributed by atoms with E-state index in [0.717, 1.165) is 0 Å². The minimum absolute atomic E-state index is 0. The summed E-state index contributed by atoms with van der Waals surface area (Å²) in [6.07, 6.45) is 0.488. The third kappa shape index (κ3) is 9.33. The molecule has 0 N–H and O–H groups in total. The predicted molar refractivity (Wildman–Crippen MR) is 32.4 cm³/mol. The van der Waals surface area contributed by atoms with Crippen molar-refractivity contribution in [2.75, 3.05) is 0 Å². The van der Waals surface area contributed by atoms with E-state index in [1.807, 2.05) is 13.8 Å². The molecule has 0 aliphatic rings. The second-order valence-corrected chi connectivity index (χ2v) is 2.37. The highest BCUT2D eigenvalue weighted by Crippen LogP contribution is 2.01. The van der Waals surface area contributed by atoms with E-state index < -0.39 is 0 Å². The number of hydrogen-bond acceptors (Lipinski definition) is 1. The lowest BCUT2D eigenvalue weighted by Crippen LogP contribution is -1.92. The van der Waals surface area contributed by atoms with Crippen LogP contribution < -0.4 is 6.15 Å². The van der Waals surface area contributed by atoms with E-state index in [9.17, 15) is 4.79 Å². The maximum absolute atomic E-state index is 10.0. The molecule has 0 aliphatic heterocycles. The Bertz CT molecular complexity index is 72.8. The maximum Gasteiger partial charge on any atom is 0.221 e. The van der Waals surface area contributed by atoms with Crippen LogP contribution in [0.1, 0.15) is 20.3 Å². The summed E-state index contributed by atoms with van der Waals surface area (Å²) in [7, 11) is 0. The van der Waals surface area contributed by atoms with E-state index in [4.69, 9.17) is 11.6 Å². The molecule has 47 valence electrons. The summed E-state index contributed by atoms with van der Waals surface area (Å²) in [6, 6.07) is 0. The maximum atomic E-state index is 10.0. The summed E-state index contributed by atoms with van der Waals surface area (Å²) < 4.78 is 0. The quantitative estimate of drug-likeness (QED) is 0.526. The van der Waals surface area contributed by atoms with E-state index in [1.54, 1.807) is 0 Å². The molecule has 0 amide bonds. The van der Waals surface area contributed by atoms with Gasteiger partial charge in [-0.25, -0.2) is 0 Å². The predicted octanol–water partition coefficient (Wildman–Crippen LogP) is 1.32. The fourth-order valence-electron chi connectivity index (χ4n) is 0.321. The van der Waals surface area contributed by atoms with Crippen LogP contribution in [0, 0.1) is 5.92 Å². The van der Waals surface area contributed by atoms with Crippen molar-refractivity contribution in [2.24, 2.45) is 5.92 Å². The van der Waals surface area contributed by atoms with Gasteiger partial charge in [-0.2, -0.15) is 0 Å². The Kier molecular flexibility index (Phi) is 6.85. The van der Waals surface area contributed by atoms with Crippen molar-refractivity contribution in [3.8, 4) is 0 Å². The molecule has 0 spiro atoms. The summed E-state index contributed by atoms with van der Waals surface area (Å²) in [4.78, 5) is 10.0. The third-order valence-corrected chi connectivity index (χ3v) is 0.723. The van der Waals surface area contributed by atoms with Crippen LogP contribution in [-0.4, -0.2) is 5.24 Å². The Labute approximate surface area is 54.8 Å². The zero-order valence-electron chi connectivity index (χ0n) is 5.02. The highest BCUT2D eigenvalue weighted by atomic mass is 35.5. The number of hydrogen-bond donors (Lipinski definition) is 0. The van der Waals surface area contributed by atoms with Gasteiger partial charge in [0, 0.05) is 12.6 Å². The van der Waals surface area contributed by atoms with Gasteiger partial charge in [-0.3, -0.25) is 4.79 Å². The topological polar surface area (TPSA) is 47.6 Å². The van der Waals surface area contributed by atoms with Crippen LogP contribution in [0.5, 0.6) is 0 Å². The molecule has 0 saturated heterocycles. The van der Waals surface area contributed by atoms with E-state index >= 15 is 0 Å². The number of nitrogens with zero attached hydrogens (tertiary/aromatic N) is 1. The number of carbonyl (C=O) groups is 1. The van der Waals surface area contributed by atoms with Crippen molar-refractivity contribution >= 4 is 16.8 Å². The lowest BCUT2D eigenvalue weighted by Gasteiger charge is -1.93. The van der Waals surface area contributed by atoms with Crippen LogP contribution >= 0.6 is 11.6 Å². The second-order valence-electron chi connectivity index (χ2n) is 1.95. The summed E-state index contributed by atoms with van der Waals surface area (Å²) in [5.74, 6) is 0.394. The van der Waals surface area contributed by atoms with E-state index in [-0.39, 0.29) is 11.4 Å². The SMILES string of the molecule is CC(C)CC(=O)Cl.[N]. The van der Waals surface area contributed by atoms with E-state index in [0.29, 0.717) is 12.3 Å². The molecule has 0 aromatic heterocycles. The second kappa shape index (κ2) is 5.06. The summed E-state index contributed by atoms with van der Waals surface area (Å²) in [5.41, 5.74) is 0. The molecule has 3 heteroatoms. The molecule has 8 heavy (non-hydrogen) atoms. The molecule has 0 unspecified atom stereocenters. The van der Waals surface area contributed by atoms with Crippen molar-refractivity contribution in [3.63, 3.8) is 0 Å². The fourth-order valence-corrected chi connectivity index (χ4v) is 0.630. The number of rotatable bonds is 2. The highest BCUT2D eigenvalue weighted by molar-refractivity contribution is 6.63. The zero-order chi connectivity index (χ0) is 5.86. The number of carbonyl (C=O) groups excluding carboxylic acids is 1. The Hall–Kier alpha value is -0.0800. The fraction of sp³-hybridized carbons (Fsp3) is 0.800. The molecule has 0 fully saturated rings. The van der Waals surface area contributed by atoms with Crippen molar-refractivity contribution in [2.45, 2.75) is 20.3 Å². The molecule has 0 bridgehead atoms. The highest BCUT2D eigenvalue weighted by Gasteiger charge is 1.97. The molecule has 0 atom stereocenters. The van der Waals surface area contributed by atoms with Gasteiger partial charge in [0.2, 0.25) is 5.24 Å². The average molecular weight is 135 g/mol. The Balaban J connectivity index is 0. The molecule has 0 aromatic rings. The van der Waals surface area contributed by atoms with Gasteiger partial charge in [-0.1, -0.05) is 13.8 Å². The lowest BCUT2D eigenvalue weighted by atomic mass is 10.2. The molecular formula is C5H9ClNO. The minimum atomic E-state index is -0.241. The first-order valence-electron chi connectivity index (χ1n) is 2.31. The Morgan fingerprint density at radius 2 is 2.00 bits per heavy atom. The van der Waals surface area contributed by atoms with Gasteiger partial charge in [0.1, 0.15) is 0 Å². The van der Waals surface area contributed by atoms with Crippen LogP contribution in [0.3, 0.4) is 0 Å². The first kappa shape index (κ1) is 10.8. The standard InChI is InChI=1S/C5H9ClO.N/c1-4(2)3-5(6)7;/h4H,3H2,1-2H3;. The van der Waals surface area contributed by atoms with Crippen LogP contribution in [0.15, 0.2) is 0 Å². The normalized spacial score (nSPS) is 8.50. The molecule has 0 saturated carbocycles. The molecule has 0 heterocycles. The van der Waals surface area contributed by atoms with Crippen LogP contribution in [-0.2, 0) is 4.79 Å². The Morgan fingerprint density at radius 3 is 2.00 bits per heavy atom. The largest absolute Gasteiger partial charge is 0.281 e. The zero-order valence-corrected chi connectivity index (χ0v) is 5.77. The molecule has 0 aliphatic carbocycles. The molecule has 0 rings (SSSR count). The molecule has 3 radical (unpaired) electrons. The van der Waals surface area contributed by atoms with Gasteiger partial charge >= 0.3 is 0 Å². The Morgan fingerprint density at radius 1 is 1.62 bits per heavy atom. The third-order valence-electron chi connectivity index (χ3n) is 0.569. The first-order valence-corrected chi connectivity index (χ1v) is 2.69. The van der Waals surface area contributed by atoms with Crippen LogP contribution in [0.25, 0.3) is 0 Å². The van der Waals surface area contributed by atoms with Crippen molar-refractivity contribution in [1.82, 2.24) is 6.15 Å². The van der Waals surface area contributed by atoms with Gasteiger partial charge in [-0.05, 0) is 17.5 Å².